The summed E-state index contributed by atoms with van der Waals surface area (Å²) in [5.74, 6) is 0.254. The molecular weight excluding hydrogens is 336 g/mol. The second kappa shape index (κ2) is 9.45. The average molecular weight is 360 g/mol. The average Bonchev–Trinajstić information content (AvgIpc) is 2.53. The minimum Gasteiger partial charge on any atom is -0.497 e. The first-order chi connectivity index (χ1) is 11.3. The van der Waals surface area contributed by atoms with Crippen LogP contribution in [0.1, 0.15) is 17.3 Å². The molecule has 1 aromatic rings. The van der Waals surface area contributed by atoms with E-state index in [1.807, 2.05) is 0 Å². The van der Waals surface area contributed by atoms with Crippen LogP contribution in [-0.2, 0) is 14.8 Å². The highest BCUT2D eigenvalue weighted by Gasteiger charge is 2.17. The number of benzene rings is 1. The number of ether oxygens (including phenoxy) is 3. The predicted octanol–water partition coefficient (Wildman–Crippen LogP) is 0.388. The zero-order chi connectivity index (χ0) is 18.2. The van der Waals surface area contributed by atoms with Gasteiger partial charge in [-0.05, 0) is 19.1 Å². The maximum Gasteiger partial charge on any atom is 0.255 e. The Balaban J connectivity index is 2.60. The molecule has 9 heteroatoms. The van der Waals surface area contributed by atoms with Crippen molar-refractivity contribution in [1.82, 2.24) is 10.0 Å². The van der Waals surface area contributed by atoms with Crippen LogP contribution in [0.4, 0.5) is 0 Å². The van der Waals surface area contributed by atoms with Crippen molar-refractivity contribution in [2.75, 3.05) is 40.2 Å². The van der Waals surface area contributed by atoms with Gasteiger partial charge in [0.15, 0.2) is 0 Å². The van der Waals surface area contributed by atoms with E-state index in [9.17, 15) is 13.2 Å². The smallest absolute Gasteiger partial charge is 0.255 e. The molecule has 0 spiro atoms. The molecule has 136 valence electrons. The van der Waals surface area contributed by atoms with Crippen molar-refractivity contribution < 1.29 is 27.4 Å². The normalized spacial score (nSPS) is 12.5. The van der Waals surface area contributed by atoms with E-state index in [2.05, 4.69) is 10.0 Å². The van der Waals surface area contributed by atoms with Crippen molar-refractivity contribution in [1.29, 1.82) is 0 Å². The van der Waals surface area contributed by atoms with E-state index >= 15 is 0 Å². The standard InChI is InChI=1S/C15H24N2O6S/c1-11(10-21-2)17-24(19,20)8-7-16-15(18)13-6-5-12(22-3)9-14(13)23-4/h5-6,9,11,17H,7-8,10H2,1-4H3,(H,16,18)/t11-/m1/s1. The van der Waals surface area contributed by atoms with Crippen molar-refractivity contribution in [3.63, 3.8) is 0 Å². The molecule has 1 amide bonds. The third kappa shape index (κ3) is 6.34. The number of carbonyl (C=O) groups is 1. The van der Waals surface area contributed by atoms with E-state index in [1.54, 1.807) is 25.1 Å². The Morgan fingerprint density at radius 2 is 1.92 bits per heavy atom. The maximum atomic E-state index is 12.2. The van der Waals surface area contributed by atoms with Crippen molar-refractivity contribution in [2.24, 2.45) is 0 Å². The van der Waals surface area contributed by atoms with Crippen LogP contribution in [0.25, 0.3) is 0 Å². The summed E-state index contributed by atoms with van der Waals surface area (Å²) in [6.07, 6.45) is 0. The van der Waals surface area contributed by atoms with Crippen LogP contribution >= 0.6 is 0 Å². The molecule has 0 aliphatic heterocycles. The van der Waals surface area contributed by atoms with Gasteiger partial charge in [0.25, 0.3) is 5.91 Å². The Morgan fingerprint density at radius 3 is 2.50 bits per heavy atom. The maximum absolute atomic E-state index is 12.2. The molecule has 24 heavy (non-hydrogen) atoms. The number of nitrogens with one attached hydrogen (secondary N) is 2. The summed E-state index contributed by atoms with van der Waals surface area (Å²) in [7, 11) is 0.943. The zero-order valence-corrected chi connectivity index (χ0v) is 15.1. The van der Waals surface area contributed by atoms with E-state index in [0.29, 0.717) is 17.1 Å². The second-order valence-corrected chi connectivity index (χ2v) is 6.99. The van der Waals surface area contributed by atoms with Gasteiger partial charge in [0, 0.05) is 25.8 Å². The van der Waals surface area contributed by atoms with Gasteiger partial charge in [-0.15, -0.1) is 0 Å². The molecule has 0 saturated carbocycles. The number of amides is 1. The minimum absolute atomic E-state index is 0.0247. The lowest BCUT2D eigenvalue weighted by Crippen LogP contribution is -2.40. The summed E-state index contributed by atoms with van der Waals surface area (Å²) in [5.41, 5.74) is 0.302. The van der Waals surface area contributed by atoms with Gasteiger partial charge in [-0.3, -0.25) is 4.79 Å². The molecule has 1 rings (SSSR count). The number of methoxy groups -OCH3 is 3. The molecule has 0 bridgehead atoms. The number of hydrogen-bond donors (Lipinski definition) is 2. The zero-order valence-electron chi connectivity index (χ0n) is 14.3. The van der Waals surface area contributed by atoms with Crippen LogP contribution in [-0.4, -0.2) is 60.6 Å². The third-order valence-corrected chi connectivity index (χ3v) is 4.61. The van der Waals surface area contributed by atoms with Gasteiger partial charge in [0.1, 0.15) is 11.5 Å². The Hall–Kier alpha value is -1.84. The quantitative estimate of drug-likeness (QED) is 0.626. The lowest BCUT2D eigenvalue weighted by molar-refractivity contribution is 0.0953. The monoisotopic (exact) mass is 360 g/mol. The molecule has 0 heterocycles. The van der Waals surface area contributed by atoms with Gasteiger partial charge in [0.05, 0.1) is 32.1 Å². The number of hydrogen-bond acceptors (Lipinski definition) is 6. The minimum atomic E-state index is -3.50. The summed E-state index contributed by atoms with van der Waals surface area (Å²) >= 11 is 0. The largest absolute Gasteiger partial charge is 0.497 e. The summed E-state index contributed by atoms with van der Waals surface area (Å²) in [5, 5.41) is 2.56. The molecule has 8 nitrogen and oxygen atoms in total. The lowest BCUT2D eigenvalue weighted by atomic mass is 10.2. The summed E-state index contributed by atoms with van der Waals surface area (Å²) < 4.78 is 41.3. The van der Waals surface area contributed by atoms with Crippen molar-refractivity contribution in [3.05, 3.63) is 23.8 Å². The highest BCUT2D eigenvalue weighted by Crippen LogP contribution is 2.24. The van der Waals surface area contributed by atoms with E-state index in [0.717, 1.165) is 0 Å². The molecule has 0 aliphatic rings. The Labute approximate surface area is 142 Å². The molecule has 1 aromatic carbocycles. The number of carbonyl (C=O) groups excluding carboxylic acids is 1. The van der Waals surface area contributed by atoms with Crippen LogP contribution < -0.4 is 19.5 Å². The first-order valence-electron chi connectivity index (χ1n) is 7.32. The fraction of sp³-hybridized carbons (Fsp3) is 0.533. The topological polar surface area (TPSA) is 103 Å². The van der Waals surface area contributed by atoms with Crippen LogP contribution in [0.2, 0.25) is 0 Å². The van der Waals surface area contributed by atoms with Crippen LogP contribution in [0, 0.1) is 0 Å². The SMILES string of the molecule is COC[C@@H](C)NS(=O)(=O)CCNC(=O)c1ccc(OC)cc1OC. The highest BCUT2D eigenvalue weighted by molar-refractivity contribution is 7.89. The van der Waals surface area contributed by atoms with E-state index < -0.39 is 15.9 Å². The number of sulfonamides is 1. The summed E-state index contributed by atoms with van der Waals surface area (Å²) in [4.78, 5) is 12.2. The van der Waals surface area contributed by atoms with E-state index in [1.165, 1.54) is 21.3 Å². The molecule has 1 atom stereocenters. The van der Waals surface area contributed by atoms with E-state index in [4.69, 9.17) is 14.2 Å². The number of rotatable bonds is 10. The van der Waals surface area contributed by atoms with Crippen LogP contribution in [0.5, 0.6) is 11.5 Å². The highest BCUT2D eigenvalue weighted by atomic mass is 32.2. The first-order valence-corrected chi connectivity index (χ1v) is 8.97. The second-order valence-electron chi connectivity index (χ2n) is 5.12. The van der Waals surface area contributed by atoms with Crippen LogP contribution in [0.3, 0.4) is 0 Å². The van der Waals surface area contributed by atoms with Gasteiger partial charge >= 0.3 is 0 Å². The van der Waals surface area contributed by atoms with Gasteiger partial charge in [-0.25, -0.2) is 13.1 Å². The Morgan fingerprint density at radius 1 is 1.21 bits per heavy atom. The molecule has 0 aromatic heterocycles. The van der Waals surface area contributed by atoms with Gasteiger partial charge in [-0.2, -0.15) is 0 Å². The third-order valence-electron chi connectivity index (χ3n) is 3.11. The Bertz CT molecular complexity index is 647. The molecule has 0 radical (unpaired) electrons. The lowest BCUT2D eigenvalue weighted by Gasteiger charge is -2.14. The fourth-order valence-electron chi connectivity index (χ4n) is 2.03. The molecule has 2 N–H and O–H groups in total. The predicted molar refractivity (Wildman–Crippen MR) is 90.1 cm³/mol. The summed E-state index contributed by atoms with van der Waals surface area (Å²) in [6, 6.07) is 4.43. The Kier molecular flexibility index (Phi) is 7.96. The molecule has 0 unspecified atom stereocenters. The van der Waals surface area contributed by atoms with Crippen molar-refractivity contribution in [2.45, 2.75) is 13.0 Å². The van der Waals surface area contributed by atoms with E-state index in [-0.39, 0.29) is 24.9 Å². The summed E-state index contributed by atoms with van der Waals surface area (Å²) in [6.45, 7) is 1.94. The molecule has 0 fully saturated rings. The molecule has 0 saturated heterocycles. The van der Waals surface area contributed by atoms with Gasteiger partial charge in [-0.1, -0.05) is 0 Å². The van der Waals surface area contributed by atoms with Gasteiger partial charge < -0.3 is 19.5 Å². The fourth-order valence-corrected chi connectivity index (χ4v) is 3.20. The van der Waals surface area contributed by atoms with Gasteiger partial charge in [0.2, 0.25) is 10.0 Å². The van der Waals surface area contributed by atoms with Crippen molar-refractivity contribution >= 4 is 15.9 Å². The molecular formula is C15H24N2O6S. The van der Waals surface area contributed by atoms with Crippen LogP contribution in [0.15, 0.2) is 18.2 Å². The van der Waals surface area contributed by atoms with Crippen molar-refractivity contribution in [3.8, 4) is 11.5 Å². The molecule has 0 aliphatic carbocycles. The first kappa shape index (κ1) is 20.2.